The van der Waals surface area contributed by atoms with Gasteiger partial charge in [-0.1, -0.05) is 48.5 Å². The molecule has 3 saturated heterocycles. The zero-order valence-electron chi connectivity index (χ0n) is 19.5. The van der Waals surface area contributed by atoms with E-state index in [0.29, 0.717) is 18.5 Å². The Morgan fingerprint density at radius 3 is 2.12 bits per heavy atom. The van der Waals surface area contributed by atoms with Gasteiger partial charge in [0.2, 0.25) is 0 Å². The molecule has 2 aromatic carbocycles. The molecule has 1 N–H and O–H groups in total. The van der Waals surface area contributed by atoms with E-state index in [2.05, 4.69) is 5.32 Å². The van der Waals surface area contributed by atoms with E-state index in [4.69, 9.17) is 23.5 Å². The van der Waals surface area contributed by atoms with Gasteiger partial charge in [-0.25, -0.2) is 0 Å². The Morgan fingerprint density at radius 1 is 0.848 bits per heavy atom. The van der Waals surface area contributed by atoms with Gasteiger partial charge in [-0.3, -0.25) is 9.88 Å². The summed E-state index contributed by atoms with van der Waals surface area (Å²) in [7, 11) is -3.44. The van der Waals surface area contributed by atoms with Gasteiger partial charge in [-0.15, -0.1) is 0 Å². The third kappa shape index (κ3) is 4.56. The number of fused-ring (bicyclic) bond motifs is 1. The smallest absolute Gasteiger partial charge is 0.251 e. The Bertz CT molecular complexity index is 1010. The van der Waals surface area contributed by atoms with Crippen LogP contribution in [0.4, 0.5) is 0 Å². The van der Waals surface area contributed by atoms with Crippen LogP contribution in [0.2, 0.25) is 0 Å². The molecule has 0 saturated carbocycles. The van der Waals surface area contributed by atoms with Gasteiger partial charge < -0.3 is 23.5 Å². The summed E-state index contributed by atoms with van der Waals surface area (Å²) in [5, 5.41) is 4.14. The van der Waals surface area contributed by atoms with Gasteiger partial charge >= 0.3 is 0 Å². The summed E-state index contributed by atoms with van der Waals surface area (Å²) in [6.07, 6.45) is -1.96. The highest BCUT2D eigenvalue weighted by Crippen LogP contribution is 2.60. The second-order valence-corrected chi connectivity index (χ2v) is 12.2. The Balaban J connectivity index is 1.53. The monoisotopic (exact) mass is 473 g/mol. The number of rotatable bonds is 5. The zero-order valence-corrected chi connectivity index (χ0v) is 20.4. The zero-order chi connectivity index (χ0) is 23.3. The van der Waals surface area contributed by atoms with Gasteiger partial charge in [-0.05, 0) is 45.4 Å². The Kier molecular flexibility index (Phi) is 6.03. The Hall–Kier alpha value is -1.57. The number of hydrogen-bond acceptors (Lipinski definition) is 7. The van der Waals surface area contributed by atoms with E-state index in [1.54, 1.807) is 0 Å². The van der Waals surface area contributed by atoms with Crippen molar-refractivity contribution in [2.45, 2.75) is 76.0 Å². The highest BCUT2D eigenvalue weighted by molar-refractivity contribution is 7.67. The summed E-state index contributed by atoms with van der Waals surface area (Å²) in [5.41, 5.74) is 1.09. The first kappa shape index (κ1) is 23.2. The fourth-order valence-corrected chi connectivity index (χ4v) is 7.61. The maximum atomic E-state index is 14.8. The van der Waals surface area contributed by atoms with Crippen LogP contribution in [0.15, 0.2) is 60.7 Å². The SMILES string of the molecule is CC1(C)O[C@H]2[C@H]([C@H]3COC(C)(C)O3)OP(=O)(c3ccccc3)[C@H](NCc3ccccc3)[C@H]2O1. The number of hydrogen-bond donors (Lipinski definition) is 1. The predicted octanol–water partition coefficient (Wildman–Crippen LogP) is 3.78. The van der Waals surface area contributed by atoms with Gasteiger partial charge in [0.05, 0.1) is 6.61 Å². The molecule has 0 aliphatic carbocycles. The van der Waals surface area contributed by atoms with E-state index in [1.807, 2.05) is 88.4 Å². The minimum Gasteiger partial charge on any atom is -0.348 e. The molecule has 33 heavy (non-hydrogen) atoms. The molecular weight excluding hydrogens is 441 g/mol. The molecule has 0 spiro atoms. The third-order valence-corrected chi connectivity index (χ3v) is 9.10. The summed E-state index contributed by atoms with van der Waals surface area (Å²) >= 11 is 0. The fraction of sp³-hybridized carbons (Fsp3) is 0.520. The lowest BCUT2D eigenvalue weighted by Crippen LogP contribution is -2.58. The highest BCUT2D eigenvalue weighted by Gasteiger charge is 2.62. The fourth-order valence-electron chi connectivity index (χ4n) is 4.88. The Labute approximate surface area is 195 Å². The first-order valence-electron chi connectivity index (χ1n) is 11.5. The van der Waals surface area contributed by atoms with E-state index >= 15 is 0 Å². The lowest BCUT2D eigenvalue weighted by Gasteiger charge is -2.44. The van der Waals surface area contributed by atoms with Crippen molar-refractivity contribution in [3.8, 4) is 0 Å². The molecule has 0 bridgehead atoms. The van der Waals surface area contributed by atoms with Crippen LogP contribution in [-0.2, 0) is 34.6 Å². The molecule has 0 radical (unpaired) electrons. The molecule has 3 heterocycles. The quantitative estimate of drug-likeness (QED) is 0.663. The van der Waals surface area contributed by atoms with Crippen LogP contribution in [0, 0.1) is 0 Å². The molecule has 3 aliphatic heterocycles. The van der Waals surface area contributed by atoms with Crippen molar-refractivity contribution in [1.29, 1.82) is 0 Å². The minimum absolute atomic E-state index is 0.335. The van der Waals surface area contributed by atoms with Gasteiger partial charge in [-0.2, -0.15) is 0 Å². The molecule has 5 rings (SSSR count). The van der Waals surface area contributed by atoms with Gasteiger partial charge in [0.25, 0.3) is 7.37 Å². The van der Waals surface area contributed by atoms with Crippen molar-refractivity contribution in [2.75, 3.05) is 6.61 Å². The van der Waals surface area contributed by atoms with Crippen molar-refractivity contribution in [2.24, 2.45) is 0 Å². The van der Waals surface area contributed by atoms with Crippen molar-refractivity contribution < 1.29 is 28.0 Å². The standard InChI is InChI=1S/C25H32NO6P/c1-24(2)28-16-19(29-24)20-21-22(31-25(3,4)30-21)23(26-15-17-11-7-5-8-12-17)33(27,32-20)18-13-9-6-10-14-18/h5-14,19-23,26H,15-16H2,1-4H3/t19-,20+,21+,22+,23+,33?/m1/s1. The maximum Gasteiger partial charge on any atom is 0.251 e. The van der Waals surface area contributed by atoms with Crippen LogP contribution >= 0.6 is 7.37 Å². The summed E-state index contributed by atoms with van der Waals surface area (Å²) in [5.74, 6) is -2.17. The van der Waals surface area contributed by atoms with E-state index in [9.17, 15) is 4.57 Å². The lowest BCUT2D eigenvalue weighted by molar-refractivity contribution is -0.174. The first-order valence-corrected chi connectivity index (χ1v) is 13.1. The van der Waals surface area contributed by atoms with E-state index in [-0.39, 0.29) is 0 Å². The second-order valence-electron chi connectivity index (χ2n) is 9.75. The van der Waals surface area contributed by atoms with Crippen LogP contribution in [0.25, 0.3) is 0 Å². The van der Waals surface area contributed by atoms with Crippen molar-refractivity contribution in [1.82, 2.24) is 5.32 Å². The van der Waals surface area contributed by atoms with E-state index in [1.165, 1.54) is 0 Å². The van der Waals surface area contributed by atoms with Crippen LogP contribution in [0.3, 0.4) is 0 Å². The molecule has 1 unspecified atom stereocenters. The summed E-state index contributed by atoms with van der Waals surface area (Å²) < 4.78 is 45.9. The predicted molar refractivity (Wildman–Crippen MR) is 124 cm³/mol. The molecule has 6 atom stereocenters. The van der Waals surface area contributed by atoms with E-state index < -0.39 is 49.1 Å². The minimum atomic E-state index is -3.44. The van der Waals surface area contributed by atoms with Gasteiger partial charge in [0.1, 0.15) is 30.2 Å². The normalized spacial score (nSPS) is 37.0. The summed E-state index contributed by atoms with van der Waals surface area (Å²) in [4.78, 5) is 0. The van der Waals surface area contributed by atoms with Gasteiger partial charge in [0, 0.05) is 11.8 Å². The largest absolute Gasteiger partial charge is 0.348 e. The summed E-state index contributed by atoms with van der Waals surface area (Å²) in [6.45, 7) is 8.34. The average molecular weight is 474 g/mol. The van der Waals surface area contributed by atoms with Gasteiger partial charge in [0.15, 0.2) is 11.6 Å². The Morgan fingerprint density at radius 2 is 1.48 bits per heavy atom. The molecular formula is C25H32NO6P. The molecule has 2 aromatic rings. The second kappa shape index (κ2) is 8.58. The van der Waals surface area contributed by atoms with Crippen molar-refractivity contribution in [3.05, 3.63) is 66.2 Å². The van der Waals surface area contributed by atoms with Crippen LogP contribution < -0.4 is 10.6 Å². The average Bonchev–Trinajstić information content (AvgIpc) is 3.31. The van der Waals surface area contributed by atoms with Crippen LogP contribution in [-0.4, -0.2) is 48.4 Å². The molecule has 0 aromatic heterocycles. The summed E-state index contributed by atoms with van der Waals surface area (Å²) in [6, 6.07) is 19.4. The molecule has 178 valence electrons. The third-order valence-electron chi connectivity index (χ3n) is 6.31. The maximum absolute atomic E-state index is 14.8. The van der Waals surface area contributed by atoms with Crippen molar-refractivity contribution in [3.63, 3.8) is 0 Å². The molecule has 7 nitrogen and oxygen atoms in total. The topological polar surface area (TPSA) is 75.2 Å². The highest BCUT2D eigenvalue weighted by atomic mass is 31.2. The molecule has 3 fully saturated rings. The van der Waals surface area contributed by atoms with Crippen molar-refractivity contribution >= 4 is 12.7 Å². The van der Waals surface area contributed by atoms with Crippen LogP contribution in [0.5, 0.6) is 0 Å². The molecule has 3 aliphatic rings. The first-order chi connectivity index (χ1) is 15.7. The number of nitrogens with one attached hydrogen (secondary N) is 1. The lowest BCUT2D eigenvalue weighted by atomic mass is 10.0. The number of benzene rings is 2. The molecule has 0 amide bonds. The number of ether oxygens (including phenoxy) is 4. The molecule has 8 heteroatoms. The van der Waals surface area contributed by atoms with Crippen LogP contribution in [0.1, 0.15) is 33.3 Å². The van der Waals surface area contributed by atoms with E-state index in [0.717, 1.165) is 5.56 Å².